The summed E-state index contributed by atoms with van der Waals surface area (Å²) in [5, 5.41) is 8.23. The summed E-state index contributed by atoms with van der Waals surface area (Å²) in [4.78, 5) is 0. The minimum absolute atomic E-state index is 0.448. The number of hydrogen-bond donors (Lipinski definition) is 1. The second kappa shape index (κ2) is 7.60. The molecule has 0 saturated heterocycles. The molecule has 5 nitrogen and oxygen atoms in total. The van der Waals surface area contributed by atoms with Crippen LogP contribution in [0.15, 0.2) is 28.4 Å². The molecule has 0 bridgehead atoms. The molecule has 0 aliphatic heterocycles. The van der Waals surface area contributed by atoms with Gasteiger partial charge >= 0.3 is 0 Å². The third-order valence-electron chi connectivity index (χ3n) is 2.03. The van der Waals surface area contributed by atoms with Crippen molar-refractivity contribution >= 4 is 23.1 Å². The number of rotatable bonds is 5. The van der Waals surface area contributed by atoms with E-state index >= 15 is 0 Å². The molecule has 0 amide bonds. The summed E-state index contributed by atoms with van der Waals surface area (Å²) in [6.45, 7) is 2.00. The van der Waals surface area contributed by atoms with Crippen LogP contribution >= 0.6 is 11.8 Å². The molecular weight excluding hydrogens is 250 g/mol. The van der Waals surface area contributed by atoms with E-state index in [-0.39, 0.29) is 0 Å². The lowest BCUT2D eigenvalue weighted by molar-refractivity contribution is 0.394. The Kier molecular flexibility index (Phi) is 6.07. The number of nitrogens with two attached hydrogens (primary N) is 1. The molecule has 2 N–H and O–H groups in total. The van der Waals surface area contributed by atoms with Crippen LogP contribution in [0, 0.1) is 0 Å². The van der Waals surface area contributed by atoms with Gasteiger partial charge in [0.1, 0.15) is 11.5 Å². The lowest BCUT2D eigenvalue weighted by Gasteiger charge is -2.05. The monoisotopic (exact) mass is 267 g/mol. The summed E-state index contributed by atoms with van der Waals surface area (Å²) in [7, 11) is 3.20. The molecule has 0 aromatic heterocycles. The molecule has 0 radical (unpaired) electrons. The van der Waals surface area contributed by atoms with Crippen LogP contribution in [0.3, 0.4) is 0 Å². The Hall–Kier alpha value is -1.69. The van der Waals surface area contributed by atoms with Crippen LogP contribution in [0.5, 0.6) is 11.5 Å². The van der Waals surface area contributed by atoms with Crippen molar-refractivity contribution in [3.8, 4) is 11.5 Å². The molecule has 6 heteroatoms. The van der Waals surface area contributed by atoms with Crippen molar-refractivity contribution in [1.29, 1.82) is 0 Å². The second-order valence-corrected chi connectivity index (χ2v) is 4.55. The third-order valence-corrected chi connectivity index (χ3v) is 2.70. The van der Waals surface area contributed by atoms with Crippen LogP contribution in [0.4, 0.5) is 0 Å². The Labute approximate surface area is 111 Å². The maximum atomic E-state index is 5.61. The SMILES string of the molecule is CCS/C(N)=N/N=C/c1cc(OC)cc(OC)c1. The summed E-state index contributed by atoms with van der Waals surface area (Å²) in [5.41, 5.74) is 6.45. The number of thioether (sulfide) groups is 1. The second-order valence-electron chi connectivity index (χ2n) is 3.26. The maximum Gasteiger partial charge on any atom is 0.180 e. The summed E-state index contributed by atoms with van der Waals surface area (Å²) in [6.07, 6.45) is 1.61. The van der Waals surface area contributed by atoms with Crippen LogP contribution in [0.1, 0.15) is 12.5 Å². The quantitative estimate of drug-likeness (QED) is 0.504. The Morgan fingerprint density at radius 3 is 2.39 bits per heavy atom. The van der Waals surface area contributed by atoms with Crippen molar-refractivity contribution in [1.82, 2.24) is 0 Å². The van der Waals surface area contributed by atoms with Crippen molar-refractivity contribution in [2.45, 2.75) is 6.92 Å². The predicted octanol–water partition coefficient (Wildman–Crippen LogP) is 2.11. The summed E-state index contributed by atoms with van der Waals surface area (Å²) in [5.74, 6) is 2.28. The molecule has 0 aliphatic rings. The van der Waals surface area contributed by atoms with Gasteiger partial charge in [-0.3, -0.25) is 0 Å². The highest BCUT2D eigenvalue weighted by Crippen LogP contribution is 2.21. The fraction of sp³-hybridized carbons (Fsp3) is 0.333. The van der Waals surface area contributed by atoms with Crippen molar-refractivity contribution < 1.29 is 9.47 Å². The zero-order valence-electron chi connectivity index (χ0n) is 10.7. The number of ether oxygens (including phenoxy) is 2. The van der Waals surface area contributed by atoms with E-state index in [1.165, 1.54) is 11.8 Å². The number of nitrogens with zero attached hydrogens (tertiary/aromatic N) is 2. The first-order valence-corrected chi connectivity index (χ1v) is 6.40. The molecule has 0 heterocycles. The Morgan fingerprint density at radius 2 is 1.89 bits per heavy atom. The first kappa shape index (κ1) is 14.4. The average Bonchev–Trinajstić information content (AvgIpc) is 2.38. The lowest BCUT2D eigenvalue weighted by Crippen LogP contribution is -2.05. The van der Waals surface area contributed by atoms with Gasteiger partial charge in [0.05, 0.1) is 20.4 Å². The fourth-order valence-electron chi connectivity index (χ4n) is 1.23. The van der Waals surface area contributed by atoms with Crippen LogP contribution in [-0.2, 0) is 0 Å². The number of amidine groups is 1. The molecule has 0 aliphatic carbocycles. The van der Waals surface area contributed by atoms with E-state index in [0.29, 0.717) is 16.7 Å². The van der Waals surface area contributed by atoms with E-state index in [2.05, 4.69) is 10.2 Å². The minimum atomic E-state index is 0.448. The highest BCUT2D eigenvalue weighted by atomic mass is 32.2. The molecule has 0 atom stereocenters. The molecule has 0 unspecified atom stereocenters. The van der Waals surface area contributed by atoms with Gasteiger partial charge in [0.2, 0.25) is 0 Å². The van der Waals surface area contributed by atoms with E-state index < -0.39 is 0 Å². The van der Waals surface area contributed by atoms with Crippen LogP contribution in [0.25, 0.3) is 0 Å². The van der Waals surface area contributed by atoms with Gasteiger partial charge in [-0.05, 0) is 17.9 Å². The summed E-state index contributed by atoms with van der Waals surface area (Å²) < 4.78 is 10.3. The van der Waals surface area contributed by atoms with Crippen molar-refractivity contribution in [3.05, 3.63) is 23.8 Å². The molecule has 0 spiro atoms. The first-order valence-electron chi connectivity index (χ1n) is 5.42. The van der Waals surface area contributed by atoms with Crippen LogP contribution < -0.4 is 15.2 Å². The predicted molar refractivity (Wildman–Crippen MR) is 76.9 cm³/mol. The maximum absolute atomic E-state index is 5.61. The standard InChI is InChI=1S/C12H17N3O2S/c1-4-18-12(13)15-14-8-9-5-10(16-2)7-11(6-9)17-3/h5-8H,4H2,1-3H3,(H2,13,15)/b14-8+. The lowest BCUT2D eigenvalue weighted by atomic mass is 10.2. The van der Waals surface area contributed by atoms with Gasteiger partial charge in [-0.1, -0.05) is 18.7 Å². The van der Waals surface area contributed by atoms with Gasteiger partial charge < -0.3 is 15.2 Å². The Morgan fingerprint density at radius 1 is 1.28 bits per heavy atom. The minimum Gasteiger partial charge on any atom is -0.497 e. The number of methoxy groups -OCH3 is 2. The normalized spacial score (nSPS) is 11.8. The van der Waals surface area contributed by atoms with Crippen molar-refractivity contribution in [2.24, 2.45) is 15.9 Å². The topological polar surface area (TPSA) is 69.2 Å². The summed E-state index contributed by atoms with van der Waals surface area (Å²) in [6, 6.07) is 5.47. The number of hydrogen-bond acceptors (Lipinski definition) is 5. The van der Waals surface area contributed by atoms with Crippen LogP contribution in [-0.4, -0.2) is 31.4 Å². The fourth-order valence-corrected chi connectivity index (χ4v) is 1.63. The molecular formula is C12H17N3O2S. The zero-order valence-corrected chi connectivity index (χ0v) is 11.5. The van der Waals surface area contributed by atoms with E-state index in [1.807, 2.05) is 19.1 Å². The van der Waals surface area contributed by atoms with E-state index in [0.717, 1.165) is 11.3 Å². The third kappa shape index (κ3) is 4.67. The van der Waals surface area contributed by atoms with E-state index in [9.17, 15) is 0 Å². The molecule has 98 valence electrons. The van der Waals surface area contributed by atoms with Gasteiger partial charge in [-0.15, -0.1) is 5.10 Å². The largest absolute Gasteiger partial charge is 0.497 e. The van der Waals surface area contributed by atoms with Crippen molar-refractivity contribution in [3.63, 3.8) is 0 Å². The van der Waals surface area contributed by atoms with E-state index in [1.54, 1.807) is 26.5 Å². The first-order chi connectivity index (χ1) is 8.69. The molecule has 1 aromatic rings. The van der Waals surface area contributed by atoms with Gasteiger partial charge in [-0.25, -0.2) is 0 Å². The zero-order chi connectivity index (χ0) is 13.4. The smallest absolute Gasteiger partial charge is 0.180 e. The van der Waals surface area contributed by atoms with Crippen molar-refractivity contribution in [2.75, 3.05) is 20.0 Å². The van der Waals surface area contributed by atoms with Crippen LogP contribution in [0.2, 0.25) is 0 Å². The van der Waals surface area contributed by atoms with Gasteiger partial charge in [0, 0.05) is 11.6 Å². The highest BCUT2D eigenvalue weighted by Gasteiger charge is 1.99. The van der Waals surface area contributed by atoms with Gasteiger partial charge in [0.25, 0.3) is 0 Å². The molecule has 0 saturated carbocycles. The van der Waals surface area contributed by atoms with E-state index in [4.69, 9.17) is 15.2 Å². The molecule has 18 heavy (non-hydrogen) atoms. The summed E-state index contributed by atoms with van der Waals surface area (Å²) >= 11 is 1.45. The molecule has 1 aromatic carbocycles. The molecule has 0 fully saturated rings. The average molecular weight is 267 g/mol. The Balaban J connectivity index is 2.83. The van der Waals surface area contributed by atoms with Gasteiger partial charge in [0.15, 0.2) is 5.17 Å². The Bertz CT molecular complexity index is 425. The number of benzene rings is 1. The van der Waals surface area contributed by atoms with Gasteiger partial charge in [-0.2, -0.15) is 5.10 Å². The highest BCUT2D eigenvalue weighted by molar-refractivity contribution is 8.13. The molecule has 1 rings (SSSR count).